The maximum atomic E-state index is 12.5. The molecule has 0 saturated carbocycles. The molecule has 134 valence electrons. The number of nitrogens with zero attached hydrogens (tertiary/aromatic N) is 3. The lowest BCUT2D eigenvalue weighted by molar-refractivity contribution is 0.417. The van der Waals surface area contributed by atoms with Crippen LogP contribution in [0.15, 0.2) is 58.5 Å². The molecule has 3 aromatic rings. The van der Waals surface area contributed by atoms with Gasteiger partial charge in [-0.3, -0.25) is 4.79 Å². The number of methoxy groups -OCH3 is 1. The van der Waals surface area contributed by atoms with Crippen LogP contribution in [0.2, 0.25) is 0 Å². The van der Waals surface area contributed by atoms with Crippen molar-refractivity contribution in [3.05, 3.63) is 70.0 Å². The van der Waals surface area contributed by atoms with Crippen LogP contribution in [0.4, 0.5) is 11.5 Å². The van der Waals surface area contributed by atoms with E-state index in [9.17, 15) is 4.79 Å². The molecule has 8 heteroatoms. The first-order chi connectivity index (χ1) is 12.6. The van der Waals surface area contributed by atoms with Gasteiger partial charge in [-0.15, -0.1) is 10.2 Å². The molecule has 0 unspecified atom stereocenters. The Kier molecular flexibility index (Phi) is 5.43. The Labute approximate surface area is 155 Å². The molecule has 0 aliphatic carbocycles. The Balaban J connectivity index is 1.79. The summed E-state index contributed by atoms with van der Waals surface area (Å²) in [5, 5.41) is 11.3. The number of nitrogens with one attached hydrogen (secondary N) is 1. The number of rotatable bonds is 6. The van der Waals surface area contributed by atoms with E-state index in [-0.39, 0.29) is 5.82 Å². The summed E-state index contributed by atoms with van der Waals surface area (Å²) in [4.78, 5) is 12.5. The molecule has 0 aliphatic rings. The summed E-state index contributed by atoms with van der Waals surface area (Å²) in [7, 11) is 1.55. The van der Waals surface area contributed by atoms with E-state index in [0.717, 1.165) is 10.2 Å². The van der Waals surface area contributed by atoms with Gasteiger partial charge in [0.2, 0.25) is 11.0 Å². The van der Waals surface area contributed by atoms with Crippen molar-refractivity contribution in [3.63, 3.8) is 0 Å². The molecule has 2 aromatic carbocycles. The van der Waals surface area contributed by atoms with Gasteiger partial charge in [-0.2, -0.15) is 4.68 Å². The molecular weight excluding hydrogens is 350 g/mol. The number of thioether (sulfide) groups is 1. The first kappa shape index (κ1) is 17.8. The molecular formula is C18H19N5O2S. The van der Waals surface area contributed by atoms with Crippen LogP contribution < -0.4 is 21.5 Å². The molecule has 0 amide bonds. The zero-order valence-electron chi connectivity index (χ0n) is 14.5. The zero-order chi connectivity index (χ0) is 18.5. The molecule has 0 radical (unpaired) electrons. The first-order valence-electron chi connectivity index (χ1n) is 7.91. The lowest BCUT2D eigenvalue weighted by Crippen LogP contribution is -2.32. The fourth-order valence-corrected chi connectivity index (χ4v) is 3.18. The van der Waals surface area contributed by atoms with Gasteiger partial charge in [-0.25, -0.2) is 0 Å². The van der Waals surface area contributed by atoms with E-state index in [1.165, 1.54) is 17.3 Å². The maximum Gasteiger partial charge on any atom is 0.315 e. The van der Waals surface area contributed by atoms with Crippen molar-refractivity contribution in [3.8, 4) is 5.75 Å². The highest BCUT2D eigenvalue weighted by Crippen LogP contribution is 2.25. The largest absolute Gasteiger partial charge is 0.495 e. The monoisotopic (exact) mass is 369 g/mol. The van der Waals surface area contributed by atoms with Gasteiger partial charge in [0.1, 0.15) is 5.75 Å². The second-order valence-electron chi connectivity index (χ2n) is 5.61. The minimum absolute atomic E-state index is 0.0388. The number of nitrogens with two attached hydrogens (primary N) is 1. The van der Waals surface area contributed by atoms with Crippen LogP contribution in [0, 0.1) is 6.92 Å². The van der Waals surface area contributed by atoms with Gasteiger partial charge in [-0.05, 0) is 24.6 Å². The quantitative estimate of drug-likeness (QED) is 0.509. The number of benzene rings is 2. The molecule has 7 nitrogen and oxygen atoms in total. The second kappa shape index (κ2) is 7.92. The highest BCUT2D eigenvalue weighted by atomic mass is 32.2. The third-order valence-electron chi connectivity index (χ3n) is 3.67. The summed E-state index contributed by atoms with van der Waals surface area (Å²) < 4.78 is 6.26. The average molecular weight is 369 g/mol. The summed E-state index contributed by atoms with van der Waals surface area (Å²) in [6.45, 7) is 2.03. The number of aromatic nitrogens is 3. The van der Waals surface area contributed by atoms with Gasteiger partial charge in [0.25, 0.3) is 0 Å². The number of hydrogen-bond donors (Lipinski definition) is 2. The Morgan fingerprint density at radius 2 is 2.00 bits per heavy atom. The van der Waals surface area contributed by atoms with Crippen molar-refractivity contribution in [1.82, 2.24) is 14.9 Å². The van der Waals surface area contributed by atoms with Gasteiger partial charge in [0.05, 0.1) is 12.8 Å². The van der Waals surface area contributed by atoms with Gasteiger partial charge >= 0.3 is 5.56 Å². The number of aryl methyl sites for hydroxylation is 1. The van der Waals surface area contributed by atoms with Crippen LogP contribution in [0.5, 0.6) is 5.75 Å². The molecule has 0 aliphatic heterocycles. The van der Waals surface area contributed by atoms with Gasteiger partial charge in [0, 0.05) is 5.75 Å². The fraction of sp³-hybridized carbons (Fsp3) is 0.167. The van der Waals surface area contributed by atoms with Crippen molar-refractivity contribution < 1.29 is 4.74 Å². The van der Waals surface area contributed by atoms with E-state index >= 15 is 0 Å². The average Bonchev–Trinajstić information content (AvgIpc) is 2.65. The van der Waals surface area contributed by atoms with Crippen molar-refractivity contribution in [2.45, 2.75) is 17.8 Å². The number of nitrogen functional groups attached to an aromatic ring is 1. The van der Waals surface area contributed by atoms with E-state index in [1.807, 2.05) is 37.3 Å². The molecule has 0 saturated heterocycles. The predicted molar refractivity (Wildman–Crippen MR) is 103 cm³/mol. The Hall–Kier alpha value is -3.00. The standard InChI is InChI=1S/C18H19N5O2S/c1-12-6-5-7-13(10-12)11-26-18-22-21-16(17(24)23(18)19)20-14-8-3-4-9-15(14)25-2/h3-10H,11,19H2,1-2H3,(H,20,21). The molecule has 3 N–H and O–H groups in total. The summed E-state index contributed by atoms with van der Waals surface area (Å²) in [6.07, 6.45) is 0. The molecule has 0 spiro atoms. The number of anilines is 2. The lowest BCUT2D eigenvalue weighted by atomic mass is 10.2. The van der Waals surface area contributed by atoms with E-state index in [2.05, 4.69) is 21.6 Å². The highest BCUT2D eigenvalue weighted by molar-refractivity contribution is 7.98. The fourth-order valence-electron chi connectivity index (χ4n) is 2.39. The van der Waals surface area contributed by atoms with Crippen LogP contribution >= 0.6 is 11.8 Å². The van der Waals surface area contributed by atoms with Crippen molar-refractivity contribution in [2.75, 3.05) is 18.3 Å². The first-order valence-corrected chi connectivity index (χ1v) is 8.90. The molecule has 0 bridgehead atoms. The molecule has 0 fully saturated rings. The van der Waals surface area contributed by atoms with Crippen LogP contribution in [-0.2, 0) is 5.75 Å². The summed E-state index contributed by atoms with van der Waals surface area (Å²) >= 11 is 1.36. The molecule has 3 rings (SSSR count). The normalized spacial score (nSPS) is 10.5. The minimum atomic E-state index is -0.461. The molecule has 0 atom stereocenters. The Morgan fingerprint density at radius 1 is 1.19 bits per heavy atom. The summed E-state index contributed by atoms with van der Waals surface area (Å²) in [5.74, 6) is 7.19. The summed E-state index contributed by atoms with van der Waals surface area (Å²) in [5.41, 5.74) is 2.45. The number of para-hydroxylation sites is 2. The van der Waals surface area contributed by atoms with Crippen molar-refractivity contribution in [2.24, 2.45) is 0 Å². The highest BCUT2D eigenvalue weighted by Gasteiger charge is 2.12. The third-order valence-corrected chi connectivity index (χ3v) is 4.69. The van der Waals surface area contributed by atoms with E-state index in [0.29, 0.717) is 22.3 Å². The van der Waals surface area contributed by atoms with E-state index in [4.69, 9.17) is 10.6 Å². The van der Waals surface area contributed by atoms with E-state index < -0.39 is 5.56 Å². The van der Waals surface area contributed by atoms with Crippen LogP contribution in [0.3, 0.4) is 0 Å². The van der Waals surface area contributed by atoms with E-state index in [1.54, 1.807) is 19.2 Å². The van der Waals surface area contributed by atoms with Crippen molar-refractivity contribution in [1.29, 1.82) is 0 Å². The molecule has 1 heterocycles. The SMILES string of the molecule is COc1ccccc1Nc1nnc(SCc2cccc(C)c2)n(N)c1=O. The summed E-state index contributed by atoms with van der Waals surface area (Å²) in [6, 6.07) is 15.3. The van der Waals surface area contributed by atoms with Crippen LogP contribution in [-0.4, -0.2) is 22.0 Å². The smallest absolute Gasteiger partial charge is 0.315 e. The van der Waals surface area contributed by atoms with Gasteiger partial charge in [0.15, 0.2) is 0 Å². The minimum Gasteiger partial charge on any atom is -0.495 e. The second-order valence-corrected chi connectivity index (χ2v) is 6.55. The predicted octanol–water partition coefficient (Wildman–Crippen LogP) is 2.71. The number of ether oxygens (including phenoxy) is 1. The number of hydrogen-bond acceptors (Lipinski definition) is 7. The van der Waals surface area contributed by atoms with Crippen LogP contribution in [0.25, 0.3) is 0 Å². The Morgan fingerprint density at radius 3 is 2.77 bits per heavy atom. The third kappa shape index (κ3) is 3.97. The zero-order valence-corrected chi connectivity index (χ0v) is 15.3. The lowest BCUT2D eigenvalue weighted by Gasteiger charge is -2.11. The Bertz CT molecular complexity index is 974. The van der Waals surface area contributed by atoms with Gasteiger partial charge < -0.3 is 15.9 Å². The van der Waals surface area contributed by atoms with Gasteiger partial charge in [-0.1, -0.05) is 53.7 Å². The molecule has 26 heavy (non-hydrogen) atoms. The topological polar surface area (TPSA) is 95.1 Å². The molecule has 1 aromatic heterocycles. The van der Waals surface area contributed by atoms with Crippen molar-refractivity contribution >= 4 is 23.3 Å². The maximum absolute atomic E-state index is 12.5. The van der Waals surface area contributed by atoms with Crippen LogP contribution in [0.1, 0.15) is 11.1 Å².